The standard InChI is InChI=1S/3C2H4O2.Al/c3*1-2(3)4;/h3*1H3,(H,3,4);. The van der Waals surface area contributed by atoms with E-state index in [-0.39, 0.29) is 17.4 Å². The van der Waals surface area contributed by atoms with Gasteiger partial charge in [0.25, 0.3) is 17.9 Å². The van der Waals surface area contributed by atoms with Gasteiger partial charge in [0.15, 0.2) is 0 Å². The van der Waals surface area contributed by atoms with Crippen LogP contribution in [-0.2, 0) is 14.4 Å². The molecule has 0 aliphatic carbocycles. The van der Waals surface area contributed by atoms with E-state index in [1.165, 1.54) is 0 Å². The lowest BCUT2D eigenvalue weighted by Crippen LogP contribution is -1.78. The summed E-state index contributed by atoms with van der Waals surface area (Å²) in [7, 11) is 0. The van der Waals surface area contributed by atoms with Crippen molar-refractivity contribution >= 4 is 35.3 Å². The Morgan fingerprint density at radius 2 is 0.692 bits per heavy atom. The van der Waals surface area contributed by atoms with Crippen molar-refractivity contribution in [3.8, 4) is 0 Å². The fourth-order valence-electron chi connectivity index (χ4n) is 0. The van der Waals surface area contributed by atoms with E-state index in [0.717, 1.165) is 20.8 Å². The summed E-state index contributed by atoms with van der Waals surface area (Å²) in [5.41, 5.74) is 0. The van der Waals surface area contributed by atoms with E-state index in [9.17, 15) is 0 Å². The predicted molar refractivity (Wildman–Crippen MR) is 45.7 cm³/mol. The van der Waals surface area contributed by atoms with Gasteiger partial charge >= 0.3 is 0 Å². The smallest absolute Gasteiger partial charge is 0.300 e. The molecule has 0 bridgehead atoms. The highest BCUT2D eigenvalue weighted by Gasteiger charge is 1.66. The van der Waals surface area contributed by atoms with E-state index in [2.05, 4.69) is 0 Å². The molecule has 0 amide bonds. The first kappa shape index (κ1) is 22.7. The van der Waals surface area contributed by atoms with Crippen molar-refractivity contribution in [3.05, 3.63) is 0 Å². The normalized spacial score (nSPS) is 5.77. The molecule has 3 radical (unpaired) electrons. The fourth-order valence-corrected chi connectivity index (χ4v) is 0. The highest BCUT2D eigenvalue weighted by molar-refractivity contribution is 5.75. The van der Waals surface area contributed by atoms with Crippen molar-refractivity contribution in [2.75, 3.05) is 0 Å². The zero-order valence-corrected chi connectivity index (χ0v) is 8.80. The minimum atomic E-state index is -0.833. The summed E-state index contributed by atoms with van der Waals surface area (Å²) in [6.45, 7) is 3.25. The van der Waals surface area contributed by atoms with Crippen LogP contribution in [0, 0.1) is 0 Å². The average molecular weight is 207 g/mol. The molecule has 13 heavy (non-hydrogen) atoms. The summed E-state index contributed by atoms with van der Waals surface area (Å²) in [6, 6.07) is 0. The lowest BCUT2D eigenvalue weighted by atomic mass is 10.9. The van der Waals surface area contributed by atoms with Crippen LogP contribution in [0.3, 0.4) is 0 Å². The monoisotopic (exact) mass is 207 g/mol. The summed E-state index contributed by atoms with van der Waals surface area (Å²) < 4.78 is 0. The number of aliphatic carboxylic acids is 3. The van der Waals surface area contributed by atoms with E-state index in [1.54, 1.807) is 0 Å². The molecular weight excluding hydrogens is 195 g/mol. The summed E-state index contributed by atoms with van der Waals surface area (Å²) >= 11 is 0. The van der Waals surface area contributed by atoms with E-state index < -0.39 is 17.9 Å². The van der Waals surface area contributed by atoms with Crippen LogP contribution in [-0.4, -0.2) is 50.6 Å². The maximum atomic E-state index is 9.00. The molecule has 0 aliphatic rings. The van der Waals surface area contributed by atoms with Gasteiger partial charge in [-0.1, -0.05) is 0 Å². The van der Waals surface area contributed by atoms with E-state index in [4.69, 9.17) is 29.7 Å². The van der Waals surface area contributed by atoms with E-state index in [0.29, 0.717) is 0 Å². The number of hydrogen-bond donors (Lipinski definition) is 3. The van der Waals surface area contributed by atoms with E-state index >= 15 is 0 Å². The maximum absolute atomic E-state index is 9.00. The third-order valence-corrected chi connectivity index (χ3v) is 0. The molecule has 0 aromatic heterocycles. The van der Waals surface area contributed by atoms with Crippen molar-refractivity contribution in [1.29, 1.82) is 0 Å². The van der Waals surface area contributed by atoms with Gasteiger partial charge in [-0.15, -0.1) is 0 Å². The Bertz CT molecular complexity index is 115. The fraction of sp³-hybridized carbons (Fsp3) is 0.500. The van der Waals surface area contributed by atoms with Crippen LogP contribution in [0.4, 0.5) is 0 Å². The Morgan fingerprint density at radius 1 is 0.692 bits per heavy atom. The SMILES string of the molecule is CC(=O)O.CC(=O)O.CC(=O)O.[Al]. The second-order valence-electron chi connectivity index (χ2n) is 1.56. The second kappa shape index (κ2) is 17.1. The molecule has 0 fully saturated rings. The Balaban J connectivity index is -0.0000000450. The third-order valence-electron chi connectivity index (χ3n) is 0. The summed E-state index contributed by atoms with van der Waals surface area (Å²) in [5, 5.41) is 22.2. The molecule has 0 aliphatic heterocycles. The largest absolute Gasteiger partial charge is 0.481 e. The molecule has 3 N–H and O–H groups in total. The molecular formula is C6H12AlO6. The minimum absolute atomic E-state index is 0. The zero-order chi connectivity index (χ0) is 10.7. The zero-order valence-electron chi connectivity index (χ0n) is 7.64. The Labute approximate surface area is 86.3 Å². The molecule has 0 spiro atoms. The van der Waals surface area contributed by atoms with Gasteiger partial charge in [0, 0.05) is 38.1 Å². The molecule has 6 nitrogen and oxygen atoms in total. The van der Waals surface area contributed by atoms with Gasteiger partial charge in [0.05, 0.1) is 0 Å². The summed E-state index contributed by atoms with van der Waals surface area (Å²) in [4.78, 5) is 27.0. The Kier molecular flexibility index (Phi) is 29.9. The highest BCUT2D eigenvalue weighted by Crippen LogP contribution is 1.42. The molecule has 75 valence electrons. The first-order valence-corrected chi connectivity index (χ1v) is 2.78. The molecule has 0 saturated carbocycles. The minimum Gasteiger partial charge on any atom is -0.481 e. The number of carbonyl (C=O) groups is 3. The van der Waals surface area contributed by atoms with Gasteiger partial charge < -0.3 is 15.3 Å². The van der Waals surface area contributed by atoms with Crippen molar-refractivity contribution in [2.45, 2.75) is 20.8 Å². The molecule has 0 aromatic carbocycles. The van der Waals surface area contributed by atoms with Gasteiger partial charge in [0.1, 0.15) is 0 Å². The third kappa shape index (κ3) is 782. The average Bonchev–Trinajstić information content (AvgIpc) is 1.54. The van der Waals surface area contributed by atoms with Crippen molar-refractivity contribution in [1.82, 2.24) is 0 Å². The molecule has 0 unspecified atom stereocenters. The number of rotatable bonds is 0. The molecule has 0 atom stereocenters. The highest BCUT2D eigenvalue weighted by atomic mass is 27.0. The second-order valence-corrected chi connectivity index (χ2v) is 1.56. The van der Waals surface area contributed by atoms with Crippen LogP contribution < -0.4 is 0 Å². The number of hydrogen-bond acceptors (Lipinski definition) is 3. The Hall–Kier alpha value is -1.06. The lowest BCUT2D eigenvalue weighted by Gasteiger charge is -1.59. The van der Waals surface area contributed by atoms with Gasteiger partial charge in [-0.25, -0.2) is 0 Å². The van der Waals surface area contributed by atoms with Gasteiger partial charge in [0.2, 0.25) is 0 Å². The Morgan fingerprint density at radius 3 is 0.692 bits per heavy atom. The lowest BCUT2D eigenvalue weighted by molar-refractivity contribution is -0.135. The molecule has 0 saturated heterocycles. The molecule has 0 aromatic rings. The van der Waals surface area contributed by atoms with Crippen LogP contribution in [0.25, 0.3) is 0 Å². The first-order valence-electron chi connectivity index (χ1n) is 2.78. The van der Waals surface area contributed by atoms with Crippen LogP contribution in [0.2, 0.25) is 0 Å². The van der Waals surface area contributed by atoms with Gasteiger partial charge in [-0.05, 0) is 0 Å². The van der Waals surface area contributed by atoms with Crippen molar-refractivity contribution in [3.63, 3.8) is 0 Å². The molecule has 0 heterocycles. The van der Waals surface area contributed by atoms with Gasteiger partial charge in [-0.3, -0.25) is 14.4 Å². The molecule has 0 rings (SSSR count). The van der Waals surface area contributed by atoms with Gasteiger partial charge in [-0.2, -0.15) is 0 Å². The van der Waals surface area contributed by atoms with Crippen molar-refractivity contribution in [2.24, 2.45) is 0 Å². The number of carboxylic acid groups (broad SMARTS) is 3. The van der Waals surface area contributed by atoms with Crippen LogP contribution in [0.1, 0.15) is 20.8 Å². The quantitative estimate of drug-likeness (QED) is 0.478. The van der Waals surface area contributed by atoms with Crippen LogP contribution in [0.15, 0.2) is 0 Å². The topological polar surface area (TPSA) is 112 Å². The predicted octanol–water partition coefficient (Wildman–Crippen LogP) is -0.108. The van der Waals surface area contributed by atoms with E-state index in [1.807, 2.05) is 0 Å². The van der Waals surface area contributed by atoms with Crippen LogP contribution in [0.5, 0.6) is 0 Å². The maximum Gasteiger partial charge on any atom is 0.300 e. The first-order chi connectivity index (χ1) is 5.20. The summed E-state index contributed by atoms with van der Waals surface area (Å²) in [6.07, 6.45) is 0. The van der Waals surface area contributed by atoms with Crippen molar-refractivity contribution < 1.29 is 29.7 Å². The molecule has 7 heteroatoms. The summed E-state index contributed by atoms with van der Waals surface area (Å²) in [5.74, 6) is -2.50. The van der Waals surface area contributed by atoms with Crippen LogP contribution >= 0.6 is 0 Å². The number of carboxylic acids is 3.